The van der Waals surface area contributed by atoms with Gasteiger partial charge in [-0.3, -0.25) is 15.2 Å². The van der Waals surface area contributed by atoms with Crippen LogP contribution in [0.4, 0.5) is 16.2 Å². The number of aromatic nitrogens is 2. The third kappa shape index (κ3) is 2.76. The second kappa shape index (κ2) is 5.43. The van der Waals surface area contributed by atoms with E-state index in [2.05, 4.69) is 15.5 Å². The zero-order chi connectivity index (χ0) is 14.7. The van der Waals surface area contributed by atoms with E-state index in [1.54, 1.807) is 18.0 Å². The second-order valence-electron chi connectivity index (χ2n) is 4.21. The first-order valence-corrected chi connectivity index (χ1v) is 5.78. The van der Waals surface area contributed by atoms with Crippen LogP contribution in [0, 0.1) is 10.1 Å². The number of nitro benzene ring substituents is 1. The largest absolute Gasteiger partial charge is 0.465 e. The van der Waals surface area contributed by atoms with E-state index < -0.39 is 11.0 Å². The Balaban J connectivity index is 2.28. The van der Waals surface area contributed by atoms with Crippen molar-refractivity contribution in [3.05, 3.63) is 28.4 Å². The third-order valence-electron chi connectivity index (χ3n) is 2.87. The van der Waals surface area contributed by atoms with E-state index in [4.69, 9.17) is 5.11 Å². The highest BCUT2D eigenvalue weighted by atomic mass is 16.6. The predicted molar refractivity (Wildman–Crippen MR) is 72.0 cm³/mol. The van der Waals surface area contributed by atoms with Crippen LogP contribution < -0.4 is 10.2 Å². The van der Waals surface area contributed by atoms with Gasteiger partial charge in [0.1, 0.15) is 5.69 Å². The van der Waals surface area contributed by atoms with E-state index >= 15 is 0 Å². The average molecular weight is 279 g/mol. The lowest BCUT2D eigenvalue weighted by atomic mass is 10.2. The number of nitrogens with one attached hydrogen (secondary N) is 2. The van der Waals surface area contributed by atoms with Crippen LogP contribution >= 0.6 is 0 Å². The van der Waals surface area contributed by atoms with E-state index in [1.807, 2.05) is 0 Å². The van der Waals surface area contributed by atoms with Gasteiger partial charge in [0.05, 0.1) is 16.6 Å². The van der Waals surface area contributed by atoms with E-state index in [1.165, 1.54) is 12.3 Å². The summed E-state index contributed by atoms with van der Waals surface area (Å²) in [5, 5.41) is 29.1. The molecule has 1 amide bonds. The van der Waals surface area contributed by atoms with Gasteiger partial charge in [0.2, 0.25) is 0 Å². The molecule has 2 rings (SSSR count). The number of nitrogens with zero attached hydrogens (tertiary/aromatic N) is 3. The lowest BCUT2D eigenvalue weighted by molar-refractivity contribution is -0.384. The fourth-order valence-corrected chi connectivity index (χ4v) is 1.87. The van der Waals surface area contributed by atoms with Crippen LogP contribution in [0.15, 0.2) is 18.3 Å². The number of nitro groups is 1. The summed E-state index contributed by atoms with van der Waals surface area (Å²) >= 11 is 0. The molecule has 9 heteroatoms. The molecule has 0 unspecified atom stereocenters. The first kappa shape index (κ1) is 13.6. The minimum atomic E-state index is -1.13. The topological polar surface area (TPSA) is 124 Å². The van der Waals surface area contributed by atoms with Gasteiger partial charge in [-0.1, -0.05) is 0 Å². The van der Waals surface area contributed by atoms with Crippen molar-refractivity contribution >= 4 is 28.4 Å². The molecule has 0 aliphatic heterocycles. The first-order chi connectivity index (χ1) is 9.49. The van der Waals surface area contributed by atoms with Gasteiger partial charge in [-0.15, -0.1) is 0 Å². The molecule has 0 radical (unpaired) electrons. The summed E-state index contributed by atoms with van der Waals surface area (Å²) in [4.78, 5) is 22.6. The van der Waals surface area contributed by atoms with Crippen LogP contribution in [-0.2, 0) is 0 Å². The maximum Gasteiger partial charge on any atom is 0.404 e. The molecule has 3 N–H and O–H groups in total. The number of carbonyl (C=O) groups is 1. The number of hydrogen-bond acceptors (Lipinski definition) is 5. The molecule has 20 heavy (non-hydrogen) atoms. The highest BCUT2D eigenvalue weighted by molar-refractivity contribution is 5.87. The van der Waals surface area contributed by atoms with Gasteiger partial charge >= 0.3 is 6.09 Å². The number of carboxylic acid groups (broad SMARTS) is 1. The Bertz CT molecular complexity index is 653. The van der Waals surface area contributed by atoms with Crippen molar-refractivity contribution in [1.82, 2.24) is 15.5 Å². The van der Waals surface area contributed by atoms with Gasteiger partial charge in [0, 0.05) is 31.6 Å². The number of fused-ring (bicyclic) bond motifs is 1. The zero-order valence-corrected chi connectivity index (χ0v) is 10.7. The van der Waals surface area contributed by atoms with Gasteiger partial charge in [-0.25, -0.2) is 4.79 Å². The molecule has 0 spiro atoms. The molecule has 0 saturated heterocycles. The van der Waals surface area contributed by atoms with Crippen molar-refractivity contribution in [2.24, 2.45) is 0 Å². The molecule has 106 valence electrons. The highest BCUT2D eigenvalue weighted by Crippen LogP contribution is 2.31. The number of H-pyrrole nitrogens is 1. The van der Waals surface area contributed by atoms with Gasteiger partial charge in [0.15, 0.2) is 0 Å². The fourth-order valence-electron chi connectivity index (χ4n) is 1.87. The van der Waals surface area contributed by atoms with Crippen LogP contribution in [0.1, 0.15) is 0 Å². The monoisotopic (exact) mass is 279 g/mol. The van der Waals surface area contributed by atoms with E-state index in [0.717, 1.165) is 0 Å². The normalized spacial score (nSPS) is 10.4. The minimum absolute atomic E-state index is 0.0447. The summed E-state index contributed by atoms with van der Waals surface area (Å²) < 4.78 is 0. The van der Waals surface area contributed by atoms with Crippen molar-refractivity contribution in [3.8, 4) is 0 Å². The van der Waals surface area contributed by atoms with Crippen LogP contribution in [0.3, 0.4) is 0 Å². The smallest absolute Gasteiger partial charge is 0.404 e. The van der Waals surface area contributed by atoms with E-state index in [-0.39, 0.29) is 12.2 Å². The molecular formula is C11H13N5O4. The second-order valence-corrected chi connectivity index (χ2v) is 4.21. The Morgan fingerprint density at radius 2 is 2.35 bits per heavy atom. The highest BCUT2D eigenvalue weighted by Gasteiger charge is 2.19. The number of hydrogen-bond donors (Lipinski definition) is 3. The maximum atomic E-state index is 11.1. The van der Waals surface area contributed by atoms with Gasteiger partial charge in [-0.2, -0.15) is 5.10 Å². The quantitative estimate of drug-likeness (QED) is 0.557. The molecule has 0 fully saturated rings. The molecule has 1 aromatic heterocycles. The number of rotatable bonds is 5. The third-order valence-corrected chi connectivity index (χ3v) is 2.87. The molecule has 0 aliphatic rings. The molecule has 1 heterocycles. The van der Waals surface area contributed by atoms with Crippen molar-refractivity contribution < 1.29 is 14.8 Å². The van der Waals surface area contributed by atoms with E-state index in [0.29, 0.717) is 23.1 Å². The van der Waals surface area contributed by atoms with Crippen LogP contribution in [-0.4, -0.2) is 46.5 Å². The minimum Gasteiger partial charge on any atom is -0.465 e. The predicted octanol–water partition coefficient (Wildman–Crippen LogP) is 1.17. The van der Waals surface area contributed by atoms with Crippen LogP contribution in [0.2, 0.25) is 0 Å². The number of benzene rings is 1. The average Bonchev–Trinajstić information content (AvgIpc) is 2.83. The Kier molecular flexibility index (Phi) is 3.69. The lowest BCUT2D eigenvalue weighted by Crippen LogP contribution is -2.32. The Morgan fingerprint density at radius 3 is 3.00 bits per heavy atom. The molecular weight excluding hydrogens is 266 g/mol. The van der Waals surface area contributed by atoms with Crippen molar-refractivity contribution in [2.75, 3.05) is 25.0 Å². The summed E-state index contributed by atoms with van der Waals surface area (Å²) in [6.45, 7) is 0.483. The number of likely N-dealkylation sites (N-methyl/N-ethyl adjacent to an activating group) is 1. The molecule has 2 aromatic rings. The van der Waals surface area contributed by atoms with Crippen molar-refractivity contribution in [3.63, 3.8) is 0 Å². The summed E-state index contributed by atoms with van der Waals surface area (Å²) in [6, 6.07) is 3.07. The number of anilines is 1. The number of amides is 1. The molecule has 1 aromatic carbocycles. The fraction of sp³-hybridized carbons (Fsp3) is 0.273. The Morgan fingerprint density at radius 1 is 1.60 bits per heavy atom. The van der Waals surface area contributed by atoms with Gasteiger partial charge in [-0.05, 0) is 6.07 Å². The summed E-state index contributed by atoms with van der Waals surface area (Å²) in [7, 11) is 1.66. The van der Waals surface area contributed by atoms with Gasteiger partial charge < -0.3 is 15.3 Å². The standard InChI is InChI=1S/C11H13N5O4/c1-15(3-2-12-11(17)18)9-5-8-7(6-13-14-8)4-10(9)16(19)20/h4-6,12H,2-3H2,1H3,(H,13,14)(H,17,18). The van der Waals surface area contributed by atoms with Gasteiger partial charge in [0.25, 0.3) is 5.69 Å². The molecule has 0 bridgehead atoms. The summed E-state index contributed by atoms with van der Waals surface area (Å²) in [5.41, 5.74) is 1.04. The maximum absolute atomic E-state index is 11.1. The van der Waals surface area contributed by atoms with Crippen LogP contribution in [0.5, 0.6) is 0 Å². The zero-order valence-electron chi connectivity index (χ0n) is 10.7. The van der Waals surface area contributed by atoms with Crippen molar-refractivity contribution in [2.45, 2.75) is 0 Å². The molecule has 0 saturated carbocycles. The van der Waals surface area contributed by atoms with Crippen LogP contribution in [0.25, 0.3) is 10.9 Å². The SMILES string of the molecule is CN(CCNC(=O)O)c1cc2[nH]ncc2cc1[N+](=O)[O-]. The van der Waals surface area contributed by atoms with Crippen molar-refractivity contribution in [1.29, 1.82) is 0 Å². The molecule has 0 atom stereocenters. The Labute approximate surface area is 113 Å². The lowest BCUT2D eigenvalue weighted by Gasteiger charge is -2.19. The molecule has 0 aliphatic carbocycles. The summed E-state index contributed by atoms with van der Waals surface area (Å²) in [5.74, 6) is 0. The first-order valence-electron chi connectivity index (χ1n) is 5.78. The number of aromatic amines is 1. The molecule has 9 nitrogen and oxygen atoms in total. The van der Waals surface area contributed by atoms with E-state index in [9.17, 15) is 14.9 Å². The summed E-state index contributed by atoms with van der Waals surface area (Å²) in [6.07, 6.45) is 0.384. The Hall–Kier alpha value is -2.84.